The molecule has 1 unspecified atom stereocenters. The Labute approximate surface area is 95.1 Å². The van der Waals surface area contributed by atoms with E-state index in [9.17, 15) is 9.18 Å². The molecule has 0 radical (unpaired) electrons. The number of carboxylic acid groups (broad SMARTS) is 1. The first-order chi connectivity index (χ1) is 7.33. The van der Waals surface area contributed by atoms with Crippen LogP contribution in [0, 0.1) is 5.41 Å². The van der Waals surface area contributed by atoms with Crippen LogP contribution in [-0.2, 0) is 11.2 Å². The SMILES string of the molecule is CC(F)c1ccc(CC(C)(C)C(=O)O)cc1. The maximum absolute atomic E-state index is 12.9. The second-order valence-corrected chi connectivity index (χ2v) is 4.72. The molecule has 16 heavy (non-hydrogen) atoms. The highest BCUT2D eigenvalue weighted by Crippen LogP contribution is 2.23. The Balaban J connectivity index is 2.80. The fraction of sp³-hybridized carbons (Fsp3) is 0.462. The summed E-state index contributed by atoms with van der Waals surface area (Å²) in [7, 11) is 0. The van der Waals surface area contributed by atoms with Gasteiger partial charge in [-0.25, -0.2) is 4.39 Å². The van der Waals surface area contributed by atoms with Gasteiger partial charge < -0.3 is 5.11 Å². The fourth-order valence-corrected chi connectivity index (χ4v) is 1.49. The van der Waals surface area contributed by atoms with Gasteiger partial charge in [-0.2, -0.15) is 0 Å². The number of halogens is 1. The number of carboxylic acids is 1. The third-order valence-corrected chi connectivity index (χ3v) is 2.66. The molecule has 1 N–H and O–H groups in total. The van der Waals surface area contributed by atoms with Gasteiger partial charge in [-0.3, -0.25) is 4.79 Å². The minimum Gasteiger partial charge on any atom is -0.481 e. The maximum Gasteiger partial charge on any atom is 0.309 e. The van der Waals surface area contributed by atoms with Gasteiger partial charge in [-0.05, 0) is 38.3 Å². The van der Waals surface area contributed by atoms with Gasteiger partial charge in [0.2, 0.25) is 0 Å². The van der Waals surface area contributed by atoms with Gasteiger partial charge in [0.15, 0.2) is 0 Å². The second kappa shape index (κ2) is 4.64. The molecule has 1 aromatic rings. The first-order valence-electron chi connectivity index (χ1n) is 5.29. The van der Waals surface area contributed by atoms with Crippen LogP contribution in [0.25, 0.3) is 0 Å². The van der Waals surface area contributed by atoms with Gasteiger partial charge in [0.25, 0.3) is 0 Å². The van der Waals surface area contributed by atoms with Crippen molar-refractivity contribution in [3.05, 3.63) is 35.4 Å². The van der Waals surface area contributed by atoms with Gasteiger partial charge in [0.05, 0.1) is 5.41 Å². The zero-order valence-corrected chi connectivity index (χ0v) is 9.83. The summed E-state index contributed by atoms with van der Waals surface area (Å²) in [4.78, 5) is 10.9. The van der Waals surface area contributed by atoms with Crippen molar-refractivity contribution in [2.45, 2.75) is 33.4 Å². The van der Waals surface area contributed by atoms with Crippen LogP contribution in [0.15, 0.2) is 24.3 Å². The van der Waals surface area contributed by atoms with E-state index in [1.165, 1.54) is 6.92 Å². The second-order valence-electron chi connectivity index (χ2n) is 4.72. The van der Waals surface area contributed by atoms with Crippen LogP contribution < -0.4 is 0 Å². The van der Waals surface area contributed by atoms with Gasteiger partial charge in [-0.1, -0.05) is 24.3 Å². The number of carbonyl (C=O) groups is 1. The van der Waals surface area contributed by atoms with Crippen LogP contribution in [0.1, 0.15) is 38.1 Å². The van der Waals surface area contributed by atoms with Gasteiger partial charge in [0, 0.05) is 0 Å². The molecule has 1 rings (SSSR count). The molecule has 0 fully saturated rings. The maximum atomic E-state index is 12.9. The van der Waals surface area contributed by atoms with Crippen molar-refractivity contribution in [3.63, 3.8) is 0 Å². The molecule has 0 saturated heterocycles. The Hall–Kier alpha value is -1.38. The molecule has 0 aromatic heterocycles. The first kappa shape index (κ1) is 12.7. The van der Waals surface area contributed by atoms with Gasteiger partial charge in [-0.15, -0.1) is 0 Å². The van der Waals surface area contributed by atoms with Crippen LogP contribution >= 0.6 is 0 Å². The molecule has 0 aliphatic heterocycles. The third kappa shape index (κ3) is 3.05. The Bertz CT molecular complexity index is 366. The van der Waals surface area contributed by atoms with Crippen molar-refractivity contribution in [1.82, 2.24) is 0 Å². The molecular formula is C13H17FO2. The molecule has 0 bridgehead atoms. The monoisotopic (exact) mass is 224 g/mol. The third-order valence-electron chi connectivity index (χ3n) is 2.66. The largest absolute Gasteiger partial charge is 0.481 e. The Kier molecular flexibility index (Phi) is 3.68. The van der Waals surface area contributed by atoms with Crippen molar-refractivity contribution in [1.29, 1.82) is 0 Å². The number of aliphatic carboxylic acids is 1. The lowest BCUT2D eigenvalue weighted by molar-refractivity contribution is -0.146. The number of alkyl halides is 1. The quantitative estimate of drug-likeness (QED) is 0.851. The van der Waals surface area contributed by atoms with E-state index in [0.29, 0.717) is 12.0 Å². The van der Waals surface area contributed by atoms with E-state index >= 15 is 0 Å². The van der Waals surface area contributed by atoms with Crippen LogP contribution in [-0.4, -0.2) is 11.1 Å². The standard InChI is InChI=1S/C13H17FO2/c1-9(14)11-6-4-10(5-7-11)8-13(2,3)12(15)16/h4-7,9H,8H2,1-3H3,(H,15,16). The predicted octanol–water partition coefficient (Wildman–Crippen LogP) is 3.37. The van der Waals surface area contributed by atoms with Crippen molar-refractivity contribution in [3.8, 4) is 0 Å². The normalized spacial score (nSPS) is 13.5. The van der Waals surface area contributed by atoms with Crippen molar-refractivity contribution in [2.75, 3.05) is 0 Å². The van der Waals surface area contributed by atoms with Crippen LogP contribution in [0.5, 0.6) is 0 Å². The highest BCUT2D eigenvalue weighted by molar-refractivity contribution is 5.74. The summed E-state index contributed by atoms with van der Waals surface area (Å²) < 4.78 is 12.9. The number of hydrogen-bond donors (Lipinski definition) is 1. The minimum atomic E-state index is -0.985. The molecule has 0 aliphatic rings. The summed E-state index contributed by atoms with van der Waals surface area (Å²) >= 11 is 0. The predicted molar refractivity (Wildman–Crippen MR) is 61.1 cm³/mol. The van der Waals surface area contributed by atoms with E-state index in [-0.39, 0.29) is 0 Å². The number of hydrogen-bond acceptors (Lipinski definition) is 1. The average Bonchev–Trinajstić information content (AvgIpc) is 2.17. The molecule has 0 heterocycles. The molecule has 0 amide bonds. The molecule has 0 aliphatic carbocycles. The minimum absolute atomic E-state index is 0.448. The molecular weight excluding hydrogens is 207 g/mol. The van der Waals surface area contributed by atoms with E-state index in [0.717, 1.165) is 5.56 Å². The number of rotatable bonds is 4. The van der Waals surface area contributed by atoms with E-state index in [1.54, 1.807) is 38.1 Å². The number of benzene rings is 1. The fourth-order valence-electron chi connectivity index (χ4n) is 1.49. The molecule has 1 aromatic carbocycles. The van der Waals surface area contributed by atoms with Crippen LogP contribution in [0.2, 0.25) is 0 Å². The van der Waals surface area contributed by atoms with E-state index < -0.39 is 17.6 Å². The van der Waals surface area contributed by atoms with Crippen molar-refractivity contribution in [2.24, 2.45) is 5.41 Å². The van der Waals surface area contributed by atoms with Crippen molar-refractivity contribution >= 4 is 5.97 Å². The molecule has 0 spiro atoms. The lowest BCUT2D eigenvalue weighted by atomic mass is 9.86. The van der Waals surface area contributed by atoms with Gasteiger partial charge >= 0.3 is 5.97 Å². The first-order valence-corrected chi connectivity index (χ1v) is 5.29. The van der Waals surface area contributed by atoms with Crippen LogP contribution in [0.4, 0.5) is 4.39 Å². The van der Waals surface area contributed by atoms with Gasteiger partial charge in [0.1, 0.15) is 6.17 Å². The summed E-state index contributed by atoms with van der Waals surface area (Å²) in [5.74, 6) is -0.824. The van der Waals surface area contributed by atoms with Crippen LogP contribution in [0.3, 0.4) is 0 Å². The lowest BCUT2D eigenvalue weighted by Gasteiger charge is -2.19. The lowest BCUT2D eigenvalue weighted by Crippen LogP contribution is -2.26. The Morgan fingerprint density at radius 2 is 1.88 bits per heavy atom. The highest BCUT2D eigenvalue weighted by Gasteiger charge is 2.27. The molecule has 3 heteroatoms. The topological polar surface area (TPSA) is 37.3 Å². The summed E-state index contributed by atoms with van der Waals surface area (Å²) in [6.07, 6.45) is -0.537. The van der Waals surface area contributed by atoms with E-state index in [2.05, 4.69) is 0 Å². The Morgan fingerprint density at radius 1 is 1.38 bits per heavy atom. The summed E-state index contributed by atoms with van der Waals surface area (Å²) in [6, 6.07) is 6.99. The highest BCUT2D eigenvalue weighted by atomic mass is 19.1. The molecule has 2 nitrogen and oxygen atoms in total. The van der Waals surface area contributed by atoms with Crippen molar-refractivity contribution < 1.29 is 14.3 Å². The summed E-state index contributed by atoms with van der Waals surface area (Å²) in [5.41, 5.74) is 0.747. The molecule has 1 atom stereocenters. The van der Waals surface area contributed by atoms with E-state index in [1.807, 2.05) is 0 Å². The zero-order valence-electron chi connectivity index (χ0n) is 9.83. The van der Waals surface area contributed by atoms with E-state index in [4.69, 9.17) is 5.11 Å². The summed E-state index contributed by atoms with van der Waals surface area (Å²) in [5, 5.41) is 8.99. The summed E-state index contributed by atoms with van der Waals surface area (Å²) in [6.45, 7) is 4.85. The molecule has 88 valence electrons. The molecule has 0 saturated carbocycles. The Morgan fingerprint density at radius 3 is 2.25 bits per heavy atom. The average molecular weight is 224 g/mol. The zero-order chi connectivity index (χ0) is 12.3. The smallest absolute Gasteiger partial charge is 0.309 e.